The molecule has 2 rings (SSSR count). The van der Waals surface area contributed by atoms with Crippen LogP contribution in [0.4, 0.5) is 0 Å². The molecule has 0 aromatic heterocycles. The van der Waals surface area contributed by atoms with Crippen molar-refractivity contribution in [3.8, 4) is 0 Å². The second-order valence-corrected chi connectivity index (χ2v) is 10.3. The number of carbonyl (C=O) groups excluding carboxylic acids is 8. The highest BCUT2D eigenvalue weighted by Gasteiger charge is 2.58. The monoisotopic (exact) mass is 678 g/mol. The summed E-state index contributed by atoms with van der Waals surface area (Å²) in [5.41, 5.74) is 0. The van der Waals surface area contributed by atoms with Crippen LogP contribution in [0.5, 0.6) is 0 Å². The molecule has 0 radical (unpaired) electrons. The summed E-state index contributed by atoms with van der Waals surface area (Å²) in [6, 6.07) is 0. The molecule has 0 spiro atoms. The zero-order valence-electron chi connectivity index (χ0n) is 26.9. The van der Waals surface area contributed by atoms with E-state index in [9.17, 15) is 38.4 Å². The molecule has 2 saturated heterocycles. The van der Waals surface area contributed by atoms with Gasteiger partial charge in [0.05, 0.1) is 0 Å². The lowest BCUT2D eigenvalue weighted by Crippen LogP contribution is -2.67. The minimum absolute atomic E-state index is 0.590. The molecule has 47 heavy (non-hydrogen) atoms. The first-order chi connectivity index (χ1) is 21.9. The number of carbonyl (C=O) groups is 8. The molecule has 0 saturated carbocycles. The minimum Gasteiger partial charge on any atom is -0.463 e. The third kappa shape index (κ3) is 12.1. The Bertz CT molecular complexity index is 1200. The van der Waals surface area contributed by atoms with Gasteiger partial charge in [0.25, 0.3) is 0 Å². The van der Waals surface area contributed by atoms with Crippen LogP contribution in [0.15, 0.2) is 0 Å². The Labute approximate surface area is 268 Å². The number of hydrogen-bond donors (Lipinski definition) is 0. The highest BCUT2D eigenvalue weighted by molar-refractivity contribution is 5.70. The number of esters is 8. The quantitative estimate of drug-likeness (QED) is 0.181. The molecule has 10 atom stereocenters. The summed E-state index contributed by atoms with van der Waals surface area (Å²) < 4.78 is 60.2. The summed E-state index contributed by atoms with van der Waals surface area (Å²) in [5, 5.41) is 0. The Morgan fingerprint density at radius 3 is 1.11 bits per heavy atom. The van der Waals surface area contributed by atoms with Gasteiger partial charge < -0.3 is 52.1 Å². The van der Waals surface area contributed by atoms with Gasteiger partial charge in [-0.15, -0.1) is 0 Å². The van der Waals surface area contributed by atoms with E-state index >= 15 is 0 Å². The molecule has 19 heteroatoms. The Kier molecular flexibility index (Phi) is 14.5. The Balaban J connectivity index is 2.73. The minimum atomic E-state index is -1.83. The number of rotatable bonds is 12. The second kappa shape index (κ2) is 17.5. The first kappa shape index (κ1) is 38.8. The first-order valence-electron chi connectivity index (χ1n) is 14.2. The highest BCUT2D eigenvalue weighted by Crippen LogP contribution is 2.35. The smallest absolute Gasteiger partial charge is 0.305 e. The highest BCUT2D eigenvalue weighted by atomic mass is 16.8. The van der Waals surface area contributed by atoms with E-state index in [1.54, 1.807) is 0 Å². The molecule has 2 heterocycles. The maximum Gasteiger partial charge on any atom is 0.305 e. The SMILES string of the molecule is CC(=O)OCC1O[C@@H](OC(C)=O)C(OC(C)=O)C(OC(C)=O)[C@@H]1O[C@@H]1O[C@@H](COC(C)=O)[C@H](OC(C)=O)C(OC(C)=O)C1OC(C)=O. The Hall–Kier alpha value is -4.36. The molecule has 5 unspecified atom stereocenters. The molecule has 2 aliphatic rings. The molecule has 264 valence electrons. The van der Waals surface area contributed by atoms with Crippen LogP contribution >= 0.6 is 0 Å². The predicted octanol–water partition coefficient (Wildman–Crippen LogP) is -0.831. The summed E-state index contributed by atoms with van der Waals surface area (Å²) in [6.45, 7) is 7.05. The summed E-state index contributed by atoms with van der Waals surface area (Å²) >= 11 is 0. The third-order valence-electron chi connectivity index (χ3n) is 6.17. The van der Waals surface area contributed by atoms with Crippen molar-refractivity contribution in [3.63, 3.8) is 0 Å². The summed E-state index contributed by atoms with van der Waals surface area (Å²) in [7, 11) is 0. The van der Waals surface area contributed by atoms with E-state index in [0.29, 0.717) is 0 Å². The molecule has 0 aromatic carbocycles. The van der Waals surface area contributed by atoms with E-state index in [-0.39, 0.29) is 0 Å². The van der Waals surface area contributed by atoms with Gasteiger partial charge in [0, 0.05) is 55.4 Å². The lowest BCUT2D eigenvalue weighted by molar-refractivity contribution is -0.357. The summed E-state index contributed by atoms with van der Waals surface area (Å²) in [5.74, 6) is -7.02. The number of hydrogen-bond acceptors (Lipinski definition) is 19. The molecule has 19 nitrogen and oxygen atoms in total. The van der Waals surface area contributed by atoms with Crippen molar-refractivity contribution in [1.82, 2.24) is 0 Å². The molecule has 0 amide bonds. The van der Waals surface area contributed by atoms with Crippen LogP contribution in [0.25, 0.3) is 0 Å². The van der Waals surface area contributed by atoms with Gasteiger partial charge in [0.15, 0.2) is 30.7 Å². The fourth-order valence-electron chi connectivity index (χ4n) is 4.73. The number of ether oxygens (including phenoxy) is 11. The maximum absolute atomic E-state index is 12.3. The van der Waals surface area contributed by atoms with Crippen molar-refractivity contribution in [2.75, 3.05) is 13.2 Å². The lowest BCUT2D eigenvalue weighted by Gasteiger charge is -2.48. The molecular weight excluding hydrogens is 640 g/mol. The topological polar surface area (TPSA) is 238 Å². The van der Waals surface area contributed by atoms with Gasteiger partial charge in [-0.25, -0.2) is 0 Å². The molecule has 0 aromatic rings. The zero-order valence-corrected chi connectivity index (χ0v) is 26.9. The average Bonchev–Trinajstić information content (AvgIpc) is 2.91. The van der Waals surface area contributed by atoms with E-state index in [0.717, 1.165) is 55.4 Å². The van der Waals surface area contributed by atoms with Crippen LogP contribution in [0.3, 0.4) is 0 Å². The van der Waals surface area contributed by atoms with Gasteiger partial charge in [0.2, 0.25) is 12.4 Å². The zero-order chi connectivity index (χ0) is 35.6. The van der Waals surface area contributed by atoms with Crippen LogP contribution in [0.2, 0.25) is 0 Å². The van der Waals surface area contributed by atoms with Crippen molar-refractivity contribution in [2.45, 2.75) is 117 Å². The van der Waals surface area contributed by atoms with Gasteiger partial charge in [-0.3, -0.25) is 38.4 Å². The fourth-order valence-corrected chi connectivity index (χ4v) is 4.73. The molecular formula is C28H38O19. The van der Waals surface area contributed by atoms with Crippen molar-refractivity contribution < 1.29 is 90.5 Å². The first-order valence-corrected chi connectivity index (χ1v) is 14.2. The van der Waals surface area contributed by atoms with Gasteiger partial charge >= 0.3 is 47.8 Å². The van der Waals surface area contributed by atoms with Crippen LogP contribution in [0, 0.1) is 0 Å². The van der Waals surface area contributed by atoms with Crippen molar-refractivity contribution in [3.05, 3.63) is 0 Å². The van der Waals surface area contributed by atoms with E-state index in [1.807, 2.05) is 0 Å². The maximum atomic E-state index is 12.3. The van der Waals surface area contributed by atoms with Crippen LogP contribution in [-0.4, -0.2) is 122 Å². The molecule has 2 aliphatic heterocycles. The van der Waals surface area contributed by atoms with Crippen LogP contribution in [0.1, 0.15) is 55.4 Å². The van der Waals surface area contributed by atoms with Gasteiger partial charge in [0.1, 0.15) is 31.5 Å². The van der Waals surface area contributed by atoms with Crippen molar-refractivity contribution >= 4 is 47.8 Å². The standard InChI is InChI=1S/C28H38O19/c1-11(29)37-9-19-21(39-13(3)31)23(40-14(4)32)26(43-17(7)35)28(46-19)47-22-20(10-38-12(2)30)45-27(44-18(8)36)25(42-16(6)34)24(22)41-15(5)33/h19-28H,9-10H2,1-8H3/t19-,20?,21-,22+,23?,24?,25?,26?,27+,28-/m0/s1. The van der Waals surface area contributed by atoms with E-state index in [2.05, 4.69) is 0 Å². The predicted molar refractivity (Wildman–Crippen MR) is 145 cm³/mol. The fraction of sp³-hybridized carbons (Fsp3) is 0.714. The third-order valence-corrected chi connectivity index (χ3v) is 6.17. The summed E-state index contributed by atoms with van der Waals surface area (Å²) in [6.07, 6.45) is -16.3. The Morgan fingerprint density at radius 1 is 0.383 bits per heavy atom. The molecule has 0 aliphatic carbocycles. The van der Waals surface area contributed by atoms with Gasteiger partial charge in [-0.1, -0.05) is 0 Å². The van der Waals surface area contributed by atoms with Gasteiger partial charge in [-0.2, -0.15) is 0 Å². The van der Waals surface area contributed by atoms with Crippen LogP contribution in [-0.2, 0) is 90.5 Å². The van der Waals surface area contributed by atoms with Crippen molar-refractivity contribution in [1.29, 1.82) is 0 Å². The van der Waals surface area contributed by atoms with Crippen molar-refractivity contribution in [2.24, 2.45) is 0 Å². The molecule has 2 fully saturated rings. The second-order valence-electron chi connectivity index (χ2n) is 10.3. The molecule has 0 N–H and O–H groups in total. The average molecular weight is 679 g/mol. The Morgan fingerprint density at radius 2 is 0.702 bits per heavy atom. The lowest BCUT2D eigenvalue weighted by atomic mass is 9.96. The molecule has 0 bridgehead atoms. The summed E-state index contributed by atoms with van der Waals surface area (Å²) in [4.78, 5) is 96.3. The van der Waals surface area contributed by atoms with Crippen LogP contribution < -0.4 is 0 Å². The van der Waals surface area contributed by atoms with E-state index < -0.39 is 122 Å². The normalized spacial score (nSPS) is 30.0. The van der Waals surface area contributed by atoms with Gasteiger partial charge in [-0.05, 0) is 0 Å². The van der Waals surface area contributed by atoms with E-state index in [4.69, 9.17) is 52.1 Å². The van der Waals surface area contributed by atoms with E-state index in [1.165, 1.54) is 0 Å². The largest absolute Gasteiger partial charge is 0.463 e.